The summed E-state index contributed by atoms with van der Waals surface area (Å²) in [6.45, 7) is 11.2. The molecule has 1 N–H and O–H groups in total. The van der Waals surface area contributed by atoms with E-state index in [1.807, 2.05) is 0 Å². The summed E-state index contributed by atoms with van der Waals surface area (Å²) in [4.78, 5) is 18.2. The molecule has 2 aliphatic rings. The number of carbonyl (C=O) groups excluding carboxylic acids is 1. The van der Waals surface area contributed by atoms with Crippen LogP contribution in [0.5, 0.6) is 0 Å². The number of ether oxygens (including phenoxy) is 1. The first-order valence-corrected chi connectivity index (χ1v) is 11.9. The maximum atomic E-state index is 11.9. The van der Waals surface area contributed by atoms with Gasteiger partial charge in [-0.25, -0.2) is 9.29 Å². The van der Waals surface area contributed by atoms with Crippen LogP contribution in [0.1, 0.15) is 45.9 Å². The van der Waals surface area contributed by atoms with Crippen LogP contribution in [-0.2, 0) is 21.5 Å². The smallest absolute Gasteiger partial charge is 0.224 e. The fourth-order valence-corrected chi connectivity index (χ4v) is 5.53. The molecule has 164 valence electrons. The fourth-order valence-electron chi connectivity index (χ4n) is 4.49. The molecule has 2 saturated heterocycles. The van der Waals surface area contributed by atoms with Gasteiger partial charge in [-0.1, -0.05) is 20.8 Å². The first-order chi connectivity index (χ1) is 14.3. The number of nitrogens with one attached hydrogen (secondary N) is 1. The van der Waals surface area contributed by atoms with Crippen molar-refractivity contribution < 1.29 is 9.53 Å². The highest BCUT2D eigenvalue weighted by Crippen LogP contribution is 2.34. The molecule has 0 radical (unpaired) electrons. The Morgan fingerprint density at radius 1 is 1.27 bits per heavy atom. The van der Waals surface area contributed by atoms with Crippen molar-refractivity contribution in [3.63, 3.8) is 0 Å². The van der Waals surface area contributed by atoms with Gasteiger partial charge in [0.1, 0.15) is 5.82 Å². The molecule has 4 rings (SSSR count). The lowest BCUT2D eigenvalue weighted by molar-refractivity contribution is -0.123. The third kappa shape index (κ3) is 4.68. The van der Waals surface area contributed by atoms with E-state index in [0.29, 0.717) is 5.92 Å². The monoisotopic (exact) mass is 430 g/mol. The van der Waals surface area contributed by atoms with Gasteiger partial charge in [0.2, 0.25) is 5.91 Å². The number of amides is 1. The van der Waals surface area contributed by atoms with Crippen molar-refractivity contribution in [3.05, 3.63) is 24.0 Å². The summed E-state index contributed by atoms with van der Waals surface area (Å²) >= 11 is 1.74. The SMILES string of the molecule is CNC(=O)C1CCN(Sc2ccc3c(c2)nc(C(C)(C)C)n3CC2CCOCC2)C1. The normalized spacial score (nSPS) is 21.4. The highest BCUT2D eigenvalue weighted by atomic mass is 32.2. The Kier molecular flexibility index (Phi) is 6.42. The molecule has 3 heterocycles. The van der Waals surface area contributed by atoms with Crippen molar-refractivity contribution in [2.24, 2.45) is 11.8 Å². The summed E-state index contributed by atoms with van der Waals surface area (Å²) in [5.74, 6) is 2.05. The minimum absolute atomic E-state index is 0.00676. The summed E-state index contributed by atoms with van der Waals surface area (Å²) in [5, 5.41) is 2.78. The number of imidazole rings is 1. The summed E-state index contributed by atoms with van der Waals surface area (Å²) in [5.41, 5.74) is 2.28. The molecule has 1 unspecified atom stereocenters. The maximum absolute atomic E-state index is 11.9. The van der Waals surface area contributed by atoms with E-state index < -0.39 is 0 Å². The molecule has 30 heavy (non-hydrogen) atoms. The van der Waals surface area contributed by atoms with Gasteiger partial charge in [-0.05, 0) is 55.3 Å². The van der Waals surface area contributed by atoms with Crippen LogP contribution in [0.15, 0.2) is 23.1 Å². The Morgan fingerprint density at radius 3 is 2.73 bits per heavy atom. The summed E-state index contributed by atoms with van der Waals surface area (Å²) in [7, 11) is 1.72. The van der Waals surface area contributed by atoms with E-state index in [9.17, 15) is 4.79 Å². The van der Waals surface area contributed by atoms with Crippen LogP contribution in [0, 0.1) is 11.8 Å². The molecular formula is C23H34N4O2S. The summed E-state index contributed by atoms with van der Waals surface area (Å²) in [6.07, 6.45) is 3.17. The van der Waals surface area contributed by atoms with Gasteiger partial charge in [0.25, 0.3) is 0 Å². The third-order valence-electron chi connectivity index (χ3n) is 6.17. The first kappa shape index (κ1) is 21.7. The fraction of sp³-hybridized carbons (Fsp3) is 0.652. The standard InChI is InChI=1S/C23H34N4O2S/c1-23(2,3)22-25-19-13-18(30-26-10-7-17(15-26)21(28)24-4)5-6-20(19)27(22)14-16-8-11-29-12-9-16/h5-6,13,16-17H,7-12,14-15H2,1-4H3,(H,24,28). The minimum atomic E-state index is -0.00676. The molecule has 1 aromatic carbocycles. The van der Waals surface area contributed by atoms with Crippen LogP contribution in [0.2, 0.25) is 0 Å². The molecule has 2 fully saturated rings. The average Bonchev–Trinajstić information content (AvgIpc) is 3.33. The molecule has 1 amide bonds. The lowest BCUT2D eigenvalue weighted by Gasteiger charge is -2.26. The van der Waals surface area contributed by atoms with Gasteiger partial charge in [-0.3, -0.25) is 4.79 Å². The Labute approximate surface area is 183 Å². The lowest BCUT2D eigenvalue weighted by Crippen LogP contribution is -2.28. The van der Waals surface area contributed by atoms with Gasteiger partial charge >= 0.3 is 0 Å². The molecule has 2 aliphatic heterocycles. The second-order valence-corrected chi connectivity index (χ2v) is 10.8. The molecule has 0 spiro atoms. The largest absolute Gasteiger partial charge is 0.381 e. The zero-order valence-corrected chi connectivity index (χ0v) is 19.4. The van der Waals surface area contributed by atoms with Crippen LogP contribution in [0.4, 0.5) is 0 Å². The Bertz CT molecular complexity index is 898. The quantitative estimate of drug-likeness (QED) is 0.731. The number of nitrogens with zero attached hydrogens (tertiary/aromatic N) is 3. The predicted octanol–water partition coefficient (Wildman–Crippen LogP) is 3.84. The van der Waals surface area contributed by atoms with E-state index in [0.717, 1.165) is 63.5 Å². The van der Waals surface area contributed by atoms with Crippen molar-refractivity contribution in [2.45, 2.75) is 56.9 Å². The van der Waals surface area contributed by atoms with Crippen molar-refractivity contribution in [2.75, 3.05) is 33.4 Å². The molecule has 0 saturated carbocycles. The molecule has 1 atom stereocenters. The van der Waals surface area contributed by atoms with E-state index in [-0.39, 0.29) is 17.2 Å². The maximum Gasteiger partial charge on any atom is 0.224 e. The Balaban J connectivity index is 1.56. The third-order valence-corrected chi connectivity index (χ3v) is 7.23. The van der Waals surface area contributed by atoms with Crippen molar-refractivity contribution in [1.29, 1.82) is 0 Å². The van der Waals surface area contributed by atoms with Crippen molar-refractivity contribution >= 4 is 28.9 Å². The van der Waals surface area contributed by atoms with E-state index in [1.54, 1.807) is 19.0 Å². The predicted molar refractivity (Wildman–Crippen MR) is 122 cm³/mol. The molecule has 0 bridgehead atoms. The van der Waals surface area contributed by atoms with Crippen LogP contribution in [-0.4, -0.2) is 53.1 Å². The Morgan fingerprint density at radius 2 is 2.03 bits per heavy atom. The van der Waals surface area contributed by atoms with Crippen LogP contribution < -0.4 is 5.32 Å². The van der Waals surface area contributed by atoms with E-state index in [2.05, 4.69) is 53.2 Å². The van der Waals surface area contributed by atoms with E-state index in [4.69, 9.17) is 9.72 Å². The number of hydrogen-bond acceptors (Lipinski definition) is 5. The number of hydrogen-bond donors (Lipinski definition) is 1. The Hall–Kier alpha value is -1.57. The molecule has 0 aliphatic carbocycles. The number of fused-ring (bicyclic) bond motifs is 1. The summed E-state index contributed by atoms with van der Waals surface area (Å²) in [6, 6.07) is 6.64. The van der Waals surface area contributed by atoms with Crippen molar-refractivity contribution in [3.8, 4) is 0 Å². The van der Waals surface area contributed by atoms with Gasteiger partial charge in [0.15, 0.2) is 0 Å². The highest BCUT2D eigenvalue weighted by Gasteiger charge is 2.29. The minimum Gasteiger partial charge on any atom is -0.381 e. The van der Waals surface area contributed by atoms with Gasteiger partial charge in [0.05, 0.1) is 17.0 Å². The van der Waals surface area contributed by atoms with Gasteiger partial charge in [0, 0.05) is 50.2 Å². The zero-order valence-electron chi connectivity index (χ0n) is 18.6. The van der Waals surface area contributed by atoms with Crippen LogP contribution in [0.3, 0.4) is 0 Å². The van der Waals surface area contributed by atoms with E-state index in [1.165, 1.54) is 10.4 Å². The molecule has 7 heteroatoms. The highest BCUT2D eigenvalue weighted by molar-refractivity contribution is 7.97. The number of aromatic nitrogens is 2. The number of benzene rings is 1. The number of rotatable bonds is 5. The van der Waals surface area contributed by atoms with Gasteiger partial charge in [-0.15, -0.1) is 0 Å². The van der Waals surface area contributed by atoms with Gasteiger partial charge in [-0.2, -0.15) is 0 Å². The zero-order chi connectivity index (χ0) is 21.3. The topological polar surface area (TPSA) is 59.4 Å². The van der Waals surface area contributed by atoms with Crippen molar-refractivity contribution in [1.82, 2.24) is 19.2 Å². The average molecular weight is 431 g/mol. The first-order valence-electron chi connectivity index (χ1n) is 11.1. The number of carbonyl (C=O) groups is 1. The van der Waals surface area contributed by atoms with E-state index >= 15 is 0 Å². The summed E-state index contributed by atoms with van der Waals surface area (Å²) < 4.78 is 10.3. The lowest BCUT2D eigenvalue weighted by atomic mass is 9.94. The van der Waals surface area contributed by atoms with Crippen LogP contribution >= 0.6 is 11.9 Å². The molecule has 1 aromatic heterocycles. The molecular weight excluding hydrogens is 396 g/mol. The second kappa shape index (κ2) is 8.89. The molecule has 6 nitrogen and oxygen atoms in total. The van der Waals surface area contributed by atoms with Gasteiger partial charge < -0.3 is 14.6 Å². The molecule has 2 aromatic rings. The van der Waals surface area contributed by atoms with Crippen LogP contribution in [0.25, 0.3) is 11.0 Å². The second-order valence-electron chi connectivity index (χ2n) is 9.58.